The van der Waals surface area contributed by atoms with Gasteiger partial charge in [0, 0.05) is 50.0 Å². The second-order valence-corrected chi connectivity index (χ2v) is 7.65. The molecule has 0 atom stereocenters. The van der Waals surface area contributed by atoms with Gasteiger partial charge in [-0.15, -0.1) is 0 Å². The van der Waals surface area contributed by atoms with Crippen LogP contribution in [0, 0.1) is 0 Å². The first-order valence-electron chi connectivity index (χ1n) is 9.77. The van der Waals surface area contributed by atoms with Crippen LogP contribution in [0.2, 0.25) is 0 Å². The zero-order chi connectivity index (χ0) is 18.2. The van der Waals surface area contributed by atoms with Gasteiger partial charge in [0.2, 0.25) is 0 Å². The normalized spacial score (nSPS) is 16.3. The fourth-order valence-electron chi connectivity index (χ4n) is 4.17. The quantitative estimate of drug-likeness (QED) is 0.535. The van der Waals surface area contributed by atoms with E-state index in [0.29, 0.717) is 0 Å². The van der Waals surface area contributed by atoms with Crippen molar-refractivity contribution in [3.63, 3.8) is 0 Å². The summed E-state index contributed by atoms with van der Waals surface area (Å²) in [5.41, 5.74) is 3.94. The predicted molar refractivity (Wildman–Crippen MR) is 114 cm³/mol. The number of likely N-dealkylation sites (N-methyl/N-ethyl adjacent to an activating group) is 1. The SMILES string of the molecule is CN1CCN(Cc2cccc3c2ccn3-c2ccc3ccccc3c2)CC1. The van der Waals surface area contributed by atoms with E-state index in [0.717, 1.165) is 32.7 Å². The van der Waals surface area contributed by atoms with Crippen molar-refractivity contribution in [2.45, 2.75) is 6.54 Å². The molecule has 3 heteroatoms. The van der Waals surface area contributed by atoms with Crippen LogP contribution in [0.5, 0.6) is 0 Å². The molecule has 27 heavy (non-hydrogen) atoms. The molecule has 1 saturated heterocycles. The van der Waals surface area contributed by atoms with Crippen molar-refractivity contribution in [1.29, 1.82) is 0 Å². The molecule has 0 N–H and O–H groups in total. The van der Waals surface area contributed by atoms with Gasteiger partial charge in [0.1, 0.15) is 0 Å². The second-order valence-electron chi connectivity index (χ2n) is 7.65. The summed E-state index contributed by atoms with van der Waals surface area (Å²) in [5.74, 6) is 0. The monoisotopic (exact) mass is 355 g/mol. The van der Waals surface area contributed by atoms with Crippen LogP contribution in [0.15, 0.2) is 72.9 Å². The summed E-state index contributed by atoms with van der Waals surface area (Å²) in [6.45, 7) is 5.66. The van der Waals surface area contributed by atoms with E-state index < -0.39 is 0 Å². The van der Waals surface area contributed by atoms with Gasteiger partial charge in [-0.05, 0) is 47.6 Å². The van der Waals surface area contributed by atoms with Gasteiger partial charge >= 0.3 is 0 Å². The molecular weight excluding hydrogens is 330 g/mol. The third-order valence-electron chi connectivity index (χ3n) is 5.82. The average molecular weight is 355 g/mol. The number of benzene rings is 3. The summed E-state index contributed by atoms with van der Waals surface area (Å²) in [6.07, 6.45) is 2.21. The van der Waals surface area contributed by atoms with Crippen LogP contribution in [0.4, 0.5) is 0 Å². The third-order valence-corrected chi connectivity index (χ3v) is 5.82. The van der Waals surface area contributed by atoms with Gasteiger partial charge in [0.25, 0.3) is 0 Å². The van der Waals surface area contributed by atoms with E-state index in [1.807, 2.05) is 0 Å². The Kier molecular flexibility index (Phi) is 4.19. The Morgan fingerprint density at radius 2 is 1.59 bits per heavy atom. The maximum atomic E-state index is 2.57. The minimum Gasteiger partial charge on any atom is -0.317 e. The highest BCUT2D eigenvalue weighted by Crippen LogP contribution is 2.26. The lowest BCUT2D eigenvalue weighted by atomic mass is 10.1. The fraction of sp³-hybridized carbons (Fsp3) is 0.250. The van der Waals surface area contributed by atoms with Crippen LogP contribution >= 0.6 is 0 Å². The number of nitrogens with zero attached hydrogens (tertiary/aromatic N) is 3. The van der Waals surface area contributed by atoms with E-state index in [9.17, 15) is 0 Å². The van der Waals surface area contributed by atoms with Crippen LogP contribution in [-0.4, -0.2) is 47.6 Å². The van der Waals surface area contributed by atoms with Gasteiger partial charge in [-0.25, -0.2) is 0 Å². The molecule has 1 aliphatic heterocycles. The van der Waals surface area contributed by atoms with Gasteiger partial charge in [-0.2, -0.15) is 0 Å². The predicted octanol–water partition coefficient (Wildman–Crippen LogP) is 4.53. The van der Waals surface area contributed by atoms with E-state index >= 15 is 0 Å². The summed E-state index contributed by atoms with van der Waals surface area (Å²) in [7, 11) is 2.21. The highest BCUT2D eigenvalue weighted by molar-refractivity contribution is 5.88. The first-order valence-corrected chi connectivity index (χ1v) is 9.77. The van der Waals surface area contributed by atoms with E-state index in [1.54, 1.807) is 0 Å². The number of hydrogen-bond acceptors (Lipinski definition) is 2. The van der Waals surface area contributed by atoms with Crippen LogP contribution in [0.25, 0.3) is 27.4 Å². The summed E-state index contributed by atoms with van der Waals surface area (Å²) >= 11 is 0. The van der Waals surface area contributed by atoms with Crippen LogP contribution in [-0.2, 0) is 6.54 Å². The Morgan fingerprint density at radius 3 is 2.44 bits per heavy atom. The number of aromatic nitrogens is 1. The van der Waals surface area contributed by atoms with Crippen molar-refractivity contribution < 1.29 is 0 Å². The Balaban J connectivity index is 1.51. The molecule has 3 aromatic carbocycles. The second kappa shape index (κ2) is 6.84. The number of fused-ring (bicyclic) bond motifs is 2. The first-order chi connectivity index (χ1) is 13.3. The molecule has 3 nitrogen and oxygen atoms in total. The molecule has 1 aromatic heterocycles. The molecule has 0 unspecified atom stereocenters. The summed E-state index contributed by atoms with van der Waals surface area (Å²) in [4.78, 5) is 4.98. The lowest BCUT2D eigenvalue weighted by Gasteiger charge is -2.32. The molecule has 0 amide bonds. The molecule has 0 saturated carbocycles. The Labute approximate surface area is 160 Å². The zero-order valence-electron chi connectivity index (χ0n) is 15.8. The lowest BCUT2D eigenvalue weighted by Crippen LogP contribution is -2.43. The molecule has 136 valence electrons. The highest BCUT2D eigenvalue weighted by Gasteiger charge is 2.15. The van der Waals surface area contributed by atoms with Gasteiger partial charge in [-0.1, -0.05) is 42.5 Å². The molecule has 0 spiro atoms. The van der Waals surface area contributed by atoms with Crippen molar-refractivity contribution in [3.05, 3.63) is 78.5 Å². The topological polar surface area (TPSA) is 11.4 Å². The standard InChI is InChI=1S/C24H25N3/c1-25-13-15-26(16-14-25)18-21-7-4-8-24-23(21)11-12-27(24)22-10-9-19-5-2-3-6-20(19)17-22/h2-12,17H,13-16,18H2,1H3. The van der Waals surface area contributed by atoms with Crippen molar-refractivity contribution in [1.82, 2.24) is 14.4 Å². The largest absolute Gasteiger partial charge is 0.317 e. The van der Waals surface area contributed by atoms with E-state index in [4.69, 9.17) is 0 Å². The Bertz CT molecular complexity index is 1090. The van der Waals surface area contributed by atoms with Gasteiger partial charge in [-0.3, -0.25) is 4.90 Å². The average Bonchev–Trinajstić information content (AvgIpc) is 3.14. The minimum atomic E-state index is 1.03. The zero-order valence-corrected chi connectivity index (χ0v) is 15.8. The van der Waals surface area contributed by atoms with E-state index in [2.05, 4.69) is 94.3 Å². The molecular formula is C24H25N3. The molecule has 5 rings (SSSR count). The van der Waals surface area contributed by atoms with Gasteiger partial charge < -0.3 is 9.47 Å². The van der Waals surface area contributed by atoms with Crippen molar-refractivity contribution in [3.8, 4) is 5.69 Å². The van der Waals surface area contributed by atoms with Gasteiger partial charge in [0.15, 0.2) is 0 Å². The maximum absolute atomic E-state index is 2.57. The number of rotatable bonds is 3. The highest BCUT2D eigenvalue weighted by atomic mass is 15.2. The number of hydrogen-bond donors (Lipinski definition) is 0. The lowest BCUT2D eigenvalue weighted by molar-refractivity contribution is 0.148. The Morgan fingerprint density at radius 1 is 0.778 bits per heavy atom. The summed E-state index contributed by atoms with van der Waals surface area (Å²) in [5, 5.41) is 3.93. The third kappa shape index (κ3) is 3.14. The molecule has 0 aliphatic carbocycles. The number of piperazine rings is 1. The van der Waals surface area contributed by atoms with Crippen molar-refractivity contribution in [2.24, 2.45) is 0 Å². The van der Waals surface area contributed by atoms with E-state index in [-0.39, 0.29) is 0 Å². The molecule has 0 bridgehead atoms. The molecule has 0 radical (unpaired) electrons. The van der Waals surface area contributed by atoms with Crippen LogP contribution in [0.3, 0.4) is 0 Å². The molecule has 4 aromatic rings. The first kappa shape index (κ1) is 16.5. The van der Waals surface area contributed by atoms with Gasteiger partial charge in [0.05, 0.1) is 5.52 Å². The van der Waals surface area contributed by atoms with Crippen LogP contribution < -0.4 is 0 Å². The fourth-order valence-corrected chi connectivity index (χ4v) is 4.17. The van der Waals surface area contributed by atoms with Crippen molar-refractivity contribution in [2.75, 3.05) is 33.2 Å². The molecule has 1 aliphatic rings. The smallest absolute Gasteiger partial charge is 0.0531 e. The summed E-state index contributed by atoms with van der Waals surface area (Å²) < 4.78 is 2.31. The molecule has 2 heterocycles. The maximum Gasteiger partial charge on any atom is 0.0531 e. The summed E-state index contributed by atoms with van der Waals surface area (Å²) in [6, 6.07) is 24.3. The minimum absolute atomic E-state index is 1.03. The molecule has 1 fully saturated rings. The van der Waals surface area contributed by atoms with E-state index in [1.165, 1.54) is 32.9 Å². The van der Waals surface area contributed by atoms with Crippen molar-refractivity contribution >= 4 is 21.7 Å². The van der Waals surface area contributed by atoms with Crippen LogP contribution in [0.1, 0.15) is 5.56 Å². The Hall–Kier alpha value is -2.62.